The van der Waals surface area contributed by atoms with Gasteiger partial charge in [0.15, 0.2) is 0 Å². The topological polar surface area (TPSA) is 72.1 Å². The molecular weight excluding hydrogens is 268 g/mol. The molecule has 2 aromatic heterocycles. The van der Waals surface area contributed by atoms with Crippen LogP contribution in [0, 0.1) is 0 Å². The van der Waals surface area contributed by atoms with Gasteiger partial charge in [-0.05, 0) is 0 Å². The normalized spacial score (nSPS) is 16.1. The van der Waals surface area contributed by atoms with E-state index in [1.807, 2.05) is 16.7 Å². The average Bonchev–Trinajstić information content (AvgIpc) is 2.77. The molecule has 0 saturated carbocycles. The van der Waals surface area contributed by atoms with E-state index in [-0.39, 0.29) is 5.91 Å². The van der Waals surface area contributed by atoms with Crippen molar-refractivity contribution in [2.75, 3.05) is 30.3 Å². The third-order valence-electron chi connectivity index (χ3n) is 2.86. The maximum absolute atomic E-state index is 12.4. The number of aromatic nitrogens is 2. The van der Waals surface area contributed by atoms with Crippen LogP contribution >= 0.6 is 23.1 Å². The molecule has 2 aromatic rings. The summed E-state index contributed by atoms with van der Waals surface area (Å²) in [5.74, 6) is 2.00. The van der Waals surface area contributed by atoms with Gasteiger partial charge in [-0.15, -0.1) is 11.3 Å². The molecule has 0 spiro atoms. The summed E-state index contributed by atoms with van der Waals surface area (Å²) >= 11 is 3.20. The fourth-order valence-electron chi connectivity index (χ4n) is 1.91. The maximum atomic E-state index is 12.4. The number of amides is 1. The number of hydrogen-bond donors (Lipinski definition) is 1. The summed E-state index contributed by atoms with van der Waals surface area (Å²) < 4.78 is 0. The molecule has 2 N–H and O–H groups in total. The summed E-state index contributed by atoms with van der Waals surface area (Å²) in [4.78, 5) is 23.9. The number of nitrogen functional groups attached to an aromatic ring is 1. The van der Waals surface area contributed by atoms with Gasteiger partial charge >= 0.3 is 0 Å². The Balaban J connectivity index is 1.98. The van der Waals surface area contributed by atoms with Crippen molar-refractivity contribution in [3.8, 4) is 0 Å². The van der Waals surface area contributed by atoms with E-state index in [4.69, 9.17) is 5.73 Å². The number of nitrogens with two attached hydrogens (primary N) is 1. The molecule has 7 heteroatoms. The van der Waals surface area contributed by atoms with Crippen molar-refractivity contribution in [2.24, 2.45) is 0 Å². The highest BCUT2D eigenvalue weighted by atomic mass is 32.2. The van der Waals surface area contributed by atoms with E-state index in [9.17, 15) is 4.79 Å². The number of carbonyl (C=O) groups excluding carboxylic acids is 1. The van der Waals surface area contributed by atoms with Crippen molar-refractivity contribution in [1.82, 2.24) is 14.9 Å². The van der Waals surface area contributed by atoms with Gasteiger partial charge in [-0.1, -0.05) is 0 Å². The summed E-state index contributed by atoms with van der Waals surface area (Å²) in [5, 5.41) is 0. The third-order valence-corrected chi connectivity index (χ3v) is 4.89. The van der Waals surface area contributed by atoms with Gasteiger partial charge in [0.25, 0.3) is 5.91 Å². The highest BCUT2D eigenvalue weighted by Crippen LogP contribution is 2.31. The van der Waals surface area contributed by atoms with Gasteiger partial charge < -0.3 is 10.6 Å². The first-order valence-corrected chi connectivity index (χ1v) is 7.60. The van der Waals surface area contributed by atoms with Gasteiger partial charge in [0.1, 0.15) is 15.2 Å². The Hall–Kier alpha value is -1.34. The molecule has 1 aliphatic heterocycles. The molecular formula is C11H12N4OS2. The molecule has 5 nitrogen and oxygen atoms in total. The number of thioether (sulfide) groups is 1. The van der Waals surface area contributed by atoms with E-state index in [1.54, 1.807) is 12.4 Å². The van der Waals surface area contributed by atoms with Crippen LogP contribution in [0.4, 0.5) is 5.69 Å². The smallest absolute Gasteiger partial charge is 0.266 e. The Bertz CT molecular complexity index is 592. The second-order valence-electron chi connectivity index (χ2n) is 3.96. The van der Waals surface area contributed by atoms with Gasteiger partial charge in [0, 0.05) is 37.0 Å². The van der Waals surface area contributed by atoms with Crippen LogP contribution in [-0.2, 0) is 0 Å². The van der Waals surface area contributed by atoms with Gasteiger partial charge in [-0.25, -0.2) is 9.97 Å². The van der Waals surface area contributed by atoms with Crippen LogP contribution in [0.15, 0.2) is 12.4 Å². The number of thiophene rings is 1. The van der Waals surface area contributed by atoms with Gasteiger partial charge in [0.05, 0.1) is 5.69 Å². The highest BCUT2D eigenvalue weighted by molar-refractivity contribution is 7.99. The number of rotatable bonds is 1. The van der Waals surface area contributed by atoms with Crippen molar-refractivity contribution in [3.63, 3.8) is 0 Å². The van der Waals surface area contributed by atoms with Crippen LogP contribution in [-0.4, -0.2) is 45.4 Å². The monoisotopic (exact) mass is 280 g/mol. The summed E-state index contributed by atoms with van der Waals surface area (Å²) in [6.07, 6.45) is 3.21. The van der Waals surface area contributed by atoms with Gasteiger partial charge in [-0.3, -0.25) is 4.79 Å². The zero-order valence-corrected chi connectivity index (χ0v) is 11.3. The lowest BCUT2D eigenvalue weighted by molar-refractivity contribution is 0.0778. The number of hydrogen-bond acceptors (Lipinski definition) is 6. The molecule has 94 valence electrons. The summed E-state index contributed by atoms with van der Waals surface area (Å²) in [7, 11) is 0. The van der Waals surface area contributed by atoms with Crippen molar-refractivity contribution in [2.45, 2.75) is 0 Å². The molecule has 0 radical (unpaired) electrons. The molecule has 3 heterocycles. The lowest BCUT2D eigenvalue weighted by Gasteiger charge is -2.25. The quantitative estimate of drug-likeness (QED) is 0.856. The molecule has 0 bridgehead atoms. The molecule has 1 saturated heterocycles. The fraction of sp³-hybridized carbons (Fsp3) is 0.364. The molecule has 0 atom stereocenters. The van der Waals surface area contributed by atoms with Crippen molar-refractivity contribution < 1.29 is 4.79 Å². The average molecular weight is 280 g/mol. The molecule has 0 unspecified atom stereocenters. The van der Waals surface area contributed by atoms with E-state index in [0.29, 0.717) is 16.1 Å². The predicted octanol–water partition coefficient (Wildman–Crippen LogP) is 1.46. The third kappa shape index (κ3) is 1.93. The lowest BCUT2D eigenvalue weighted by atomic mass is 10.3. The van der Waals surface area contributed by atoms with E-state index in [0.717, 1.165) is 29.4 Å². The number of anilines is 1. The Morgan fingerprint density at radius 3 is 2.72 bits per heavy atom. The minimum Gasteiger partial charge on any atom is -0.396 e. The number of nitrogens with zero attached hydrogens (tertiary/aromatic N) is 3. The van der Waals surface area contributed by atoms with Crippen molar-refractivity contribution in [3.05, 3.63) is 17.3 Å². The van der Waals surface area contributed by atoms with Gasteiger partial charge in [0.2, 0.25) is 0 Å². The Morgan fingerprint density at radius 1 is 1.28 bits per heavy atom. The Labute approximate surface area is 112 Å². The molecule has 3 rings (SSSR count). The highest BCUT2D eigenvalue weighted by Gasteiger charge is 2.24. The molecule has 18 heavy (non-hydrogen) atoms. The zero-order valence-electron chi connectivity index (χ0n) is 9.63. The Morgan fingerprint density at radius 2 is 2.00 bits per heavy atom. The predicted molar refractivity (Wildman–Crippen MR) is 75.1 cm³/mol. The standard InChI is InChI=1S/C11H12N4OS2/c12-7-8-10(14-2-1-13-8)18-9(7)11(16)15-3-5-17-6-4-15/h1-2H,3-6,12H2. The summed E-state index contributed by atoms with van der Waals surface area (Å²) in [5.41, 5.74) is 7.10. The molecule has 0 aliphatic carbocycles. The first-order chi connectivity index (χ1) is 8.77. The summed E-state index contributed by atoms with van der Waals surface area (Å²) in [6.45, 7) is 1.58. The number of fused-ring (bicyclic) bond motifs is 1. The minimum atomic E-state index is 0.0117. The molecule has 0 aromatic carbocycles. The zero-order chi connectivity index (χ0) is 12.5. The first kappa shape index (κ1) is 11.7. The van der Waals surface area contributed by atoms with Crippen LogP contribution in [0.3, 0.4) is 0 Å². The van der Waals surface area contributed by atoms with Crippen LogP contribution in [0.1, 0.15) is 9.67 Å². The van der Waals surface area contributed by atoms with Crippen molar-refractivity contribution in [1.29, 1.82) is 0 Å². The second kappa shape index (κ2) is 4.74. The van der Waals surface area contributed by atoms with Crippen LogP contribution in [0.25, 0.3) is 10.3 Å². The van der Waals surface area contributed by atoms with E-state index in [2.05, 4.69) is 9.97 Å². The van der Waals surface area contributed by atoms with E-state index in [1.165, 1.54) is 11.3 Å². The van der Waals surface area contributed by atoms with E-state index >= 15 is 0 Å². The minimum absolute atomic E-state index is 0.0117. The summed E-state index contributed by atoms with van der Waals surface area (Å²) in [6, 6.07) is 0. The van der Waals surface area contributed by atoms with Crippen molar-refractivity contribution >= 4 is 45.0 Å². The van der Waals surface area contributed by atoms with Gasteiger partial charge in [-0.2, -0.15) is 11.8 Å². The fourth-order valence-corrected chi connectivity index (χ4v) is 3.81. The second-order valence-corrected chi connectivity index (χ2v) is 6.18. The Kier molecular flexibility index (Phi) is 3.09. The van der Waals surface area contributed by atoms with Crippen LogP contribution in [0.2, 0.25) is 0 Å². The van der Waals surface area contributed by atoms with Crippen LogP contribution < -0.4 is 5.73 Å². The molecule has 1 amide bonds. The van der Waals surface area contributed by atoms with E-state index < -0.39 is 0 Å². The largest absolute Gasteiger partial charge is 0.396 e. The molecule has 1 aliphatic rings. The maximum Gasteiger partial charge on any atom is 0.266 e. The number of carbonyl (C=O) groups is 1. The molecule has 1 fully saturated rings. The SMILES string of the molecule is Nc1c(C(=O)N2CCSCC2)sc2nccnc12. The van der Waals surface area contributed by atoms with Crippen LogP contribution in [0.5, 0.6) is 0 Å². The lowest BCUT2D eigenvalue weighted by Crippen LogP contribution is -2.37. The first-order valence-electron chi connectivity index (χ1n) is 5.63.